The van der Waals surface area contributed by atoms with Crippen LogP contribution in [-0.2, 0) is 0 Å². The van der Waals surface area contributed by atoms with Crippen molar-refractivity contribution in [1.29, 1.82) is 0 Å². The molecule has 1 rings (SSSR count). The summed E-state index contributed by atoms with van der Waals surface area (Å²) in [5.41, 5.74) is 1.57. The molecule has 1 atom stereocenters. The molecular formula is C8H16N2. The highest BCUT2D eigenvalue weighted by atomic mass is 15.4. The van der Waals surface area contributed by atoms with Crippen LogP contribution in [0, 0.1) is 0 Å². The summed E-state index contributed by atoms with van der Waals surface area (Å²) >= 11 is 0. The van der Waals surface area contributed by atoms with Crippen LogP contribution >= 0.6 is 0 Å². The Morgan fingerprint density at radius 3 is 3.00 bits per heavy atom. The topological polar surface area (TPSA) is 28.2 Å². The molecule has 58 valence electrons. The van der Waals surface area contributed by atoms with Gasteiger partial charge in [0.1, 0.15) is 0 Å². The van der Waals surface area contributed by atoms with Crippen LogP contribution in [0.15, 0.2) is 11.6 Å². The van der Waals surface area contributed by atoms with Crippen molar-refractivity contribution in [3.05, 3.63) is 17.5 Å². The van der Waals surface area contributed by atoms with Crippen LogP contribution in [0.2, 0.25) is 0 Å². The Morgan fingerprint density at radius 1 is 1.70 bits per heavy atom. The Hall–Kier alpha value is -0.340. The molecule has 1 heterocycles. The first-order valence-electron chi connectivity index (χ1n) is 4.07. The van der Waals surface area contributed by atoms with Gasteiger partial charge in [0.25, 0.3) is 0 Å². The summed E-state index contributed by atoms with van der Waals surface area (Å²) in [5, 5.41) is 0.903. The average Bonchev–Trinajstić information content (AvgIpc) is 1.95. The Labute approximate surface area is 62.7 Å². The van der Waals surface area contributed by atoms with Gasteiger partial charge in [0.05, 0.1) is 13.1 Å². The first kappa shape index (κ1) is 7.76. The Kier molecular flexibility index (Phi) is 2.90. The van der Waals surface area contributed by atoms with Crippen molar-refractivity contribution < 1.29 is 5.01 Å². The second-order valence-electron chi connectivity index (χ2n) is 2.92. The molecule has 1 aliphatic heterocycles. The Morgan fingerprint density at radius 2 is 2.50 bits per heavy atom. The van der Waals surface area contributed by atoms with E-state index in [1.807, 2.05) is 0 Å². The predicted octanol–water partition coefficient (Wildman–Crippen LogP) is 0.969. The fraction of sp³-hybridized carbons (Fsp3) is 0.750. The van der Waals surface area contributed by atoms with Crippen molar-refractivity contribution >= 4 is 0 Å². The molecule has 0 aromatic heterocycles. The van der Waals surface area contributed by atoms with Gasteiger partial charge in [-0.2, -0.15) is 0 Å². The minimum atomic E-state index is 0.903. The fourth-order valence-electron chi connectivity index (χ4n) is 1.33. The van der Waals surface area contributed by atoms with Crippen molar-refractivity contribution in [3.63, 3.8) is 0 Å². The highest BCUT2D eigenvalue weighted by Crippen LogP contribution is 2.08. The van der Waals surface area contributed by atoms with E-state index in [1.54, 1.807) is 5.57 Å². The van der Waals surface area contributed by atoms with Crippen LogP contribution in [0.1, 0.15) is 26.2 Å². The van der Waals surface area contributed by atoms with E-state index in [0.717, 1.165) is 24.5 Å². The highest BCUT2D eigenvalue weighted by molar-refractivity contribution is 5.03. The van der Waals surface area contributed by atoms with E-state index in [2.05, 4.69) is 13.0 Å². The SMILES string of the molecule is CCCC1=CC[NH+]([NH-])CC1. The Balaban J connectivity index is 2.33. The van der Waals surface area contributed by atoms with Crippen molar-refractivity contribution in [3.8, 4) is 0 Å². The molecule has 10 heavy (non-hydrogen) atoms. The van der Waals surface area contributed by atoms with Gasteiger partial charge < -0.3 is 10.9 Å². The molecule has 0 aromatic rings. The van der Waals surface area contributed by atoms with Crippen LogP contribution in [0.4, 0.5) is 0 Å². The van der Waals surface area contributed by atoms with Gasteiger partial charge in [0, 0.05) is 6.42 Å². The molecular weight excluding hydrogens is 124 g/mol. The van der Waals surface area contributed by atoms with E-state index in [4.69, 9.17) is 5.84 Å². The molecule has 0 saturated carbocycles. The summed E-state index contributed by atoms with van der Waals surface area (Å²) in [7, 11) is 0. The lowest BCUT2D eigenvalue weighted by Gasteiger charge is -2.25. The fourth-order valence-corrected chi connectivity index (χ4v) is 1.33. The third-order valence-electron chi connectivity index (χ3n) is 1.96. The van der Waals surface area contributed by atoms with Gasteiger partial charge >= 0.3 is 0 Å². The second kappa shape index (κ2) is 3.74. The largest absolute Gasteiger partial charge is 0.469 e. The molecule has 0 saturated heterocycles. The Bertz CT molecular complexity index is 129. The quantitative estimate of drug-likeness (QED) is 0.554. The summed E-state index contributed by atoms with van der Waals surface area (Å²) in [4.78, 5) is 0. The van der Waals surface area contributed by atoms with Crippen molar-refractivity contribution in [2.24, 2.45) is 0 Å². The second-order valence-corrected chi connectivity index (χ2v) is 2.92. The summed E-state index contributed by atoms with van der Waals surface area (Å²) < 4.78 is 0. The molecule has 1 aliphatic rings. The zero-order valence-electron chi connectivity index (χ0n) is 6.61. The van der Waals surface area contributed by atoms with E-state index in [9.17, 15) is 0 Å². The van der Waals surface area contributed by atoms with Gasteiger partial charge in [-0.25, -0.2) is 0 Å². The number of hydrogen-bond donors (Lipinski definition) is 1. The van der Waals surface area contributed by atoms with Gasteiger partial charge in [0.2, 0.25) is 0 Å². The third-order valence-corrected chi connectivity index (χ3v) is 1.96. The van der Waals surface area contributed by atoms with Crippen LogP contribution in [0.25, 0.3) is 5.84 Å². The minimum Gasteiger partial charge on any atom is -0.469 e. The lowest BCUT2D eigenvalue weighted by Crippen LogP contribution is -3.05. The van der Waals surface area contributed by atoms with Gasteiger partial charge in [-0.1, -0.05) is 18.9 Å². The molecule has 2 heteroatoms. The zero-order valence-corrected chi connectivity index (χ0v) is 6.61. The minimum absolute atomic E-state index is 0.903. The van der Waals surface area contributed by atoms with Crippen LogP contribution in [-0.4, -0.2) is 13.1 Å². The maximum Gasteiger partial charge on any atom is 0.0871 e. The molecule has 0 amide bonds. The van der Waals surface area contributed by atoms with Crippen molar-refractivity contribution in [2.75, 3.05) is 13.1 Å². The molecule has 0 aromatic carbocycles. The molecule has 1 unspecified atom stereocenters. The number of quaternary nitrogens is 1. The van der Waals surface area contributed by atoms with E-state index in [1.165, 1.54) is 12.8 Å². The van der Waals surface area contributed by atoms with E-state index < -0.39 is 0 Å². The number of nitrogens with one attached hydrogen (secondary N) is 2. The molecule has 0 fully saturated rings. The maximum absolute atomic E-state index is 7.37. The molecule has 2 nitrogen and oxygen atoms in total. The van der Waals surface area contributed by atoms with E-state index in [0.29, 0.717) is 0 Å². The smallest absolute Gasteiger partial charge is 0.0871 e. The monoisotopic (exact) mass is 140 g/mol. The summed E-state index contributed by atoms with van der Waals surface area (Å²) in [6.45, 7) is 4.13. The molecule has 0 spiro atoms. The number of hydrogen-bond acceptors (Lipinski definition) is 0. The standard InChI is InChI=1S/C8H16N2/c1-2-3-8-4-6-10(9)7-5-8/h4,9-10H,2-3,5-7H2,1H3. The first-order valence-corrected chi connectivity index (χ1v) is 4.07. The summed E-state index contributed by atoms with van der Waals surface area (Å²) in [6.07, 6.45) is 5.87. The third kappa shape index (κ3) is 2.12. The van der Waals surface area contributed by atoms with Gasteiger partial charge in [-0.05, 0) is 12.5 Å². The molecule has 0 bridgehead atoms. The van der Waals surface area contributed by atoms with Crippen LogP contribution < -0.4 is 5.01 Å². The zero-order chi connectivity index (χ0) is 7.40. The first-order chi connectivity index (χ1) is 4.83. The average molecular weight is 140 g/mol. The van der Waals surface area contributed by atoms with Crippen LogP contribution in [0.3, 0.4) is 0 Å². The van der Waals surface area contributed by atoms with Crippen molar-refractivity contribution in [1.82, 2.24) is 0 Å². The number of rotatable bonds is 2. The highest BCUT2D eigenvalue weighted by Gasteiger charge is 2.05. The predicted molar refractivity (Wildman–Crippen MR) is 42.6 cm³/mol. The van der Waals surface area contributed by atoms with E-state index >= 15 is 0 Å². The van der Waals surface area contributed by atoms with Gasteiger partial charge in [-0.15, -0.1) is 0 Å². The molecule has 0 radical (unpaired) electrons. The maximum atomic E-state index is 7.37. The molecule has 2 N–H and O–H groups in total. The summed E-state index contributed by atoms with van der Waals surface area (Å²) in [6, 6.07) is 0. The van der Waals surface area contributed by atoms with Crippen molar-refractivity contribution in [2.45, 2.75) is 26.2 Å². The summed E-state index contributed by atoms with van der Waals surface area (Å²) in [5.74, 6) is 7.37. The van der Waals surface area contributed by atoms with Gasteiger partial charge in [0.15, 0.2) is 0 Å². The lowest BCUT2D eigenvalue weighted by molar-refractivity contribution is -0.843. The van der Waals surface area contributed by atoms with Crippen LogP contribution in [0.5, 0.6) is 0 Å². The normalized spacial score (nSPS) is 26.2. The molecule has 0 aliphatic carbocycles. The van der Waals surface area contributed by atoms with E-state index in [-0.39, 0.29) is 0 Å². The lowest BCUT2D eigenvalue weighted by atomic mass is 10.0. The van der Waals surface area contributed by atoms with Gasteiger partial charge in [-0.3, -0.25) is 0 Å².